The summed E-state index contributed by atoms with van der Waals surface area (Å²) in [6.07, 6.45) is -0.317. The van der Waals surface area contributed by atoms with Crippen molar-refractivity contribution in [2.45, 2.75) is 24.8 Å². The molecular weight excluding hydrogens is 302 g/mol. The Morgan fingerprint density at radius 1 is 1.65 bits per heavy atom. The van der Waals surface area contributed by atoms with Crippen LogP contribution in [0.4, 0.5) is 0 Å². The van der Waals surface area contributed by atoms with Gasteiger partial charge in [-0.05, 0) is 6.42 Å². The number of rotatable bonds is 6. The van der Waals surface area contributed by atoms with Crippen molar-refractivity contribution in [3.8, 4) is 0 Å². The lowest BCUT2D eigenvalue weighted by Crippen LogP contribution is -2.61. The minimum atomic E-state index is -1.18. The summed E-state index contributed by atoms with van der Waals surface area (Å²) >= 11 is 2.39. The lowest BCUT2D eigenvalue weighted by atomic mass is 9.90. The van der Waals surface area contributed by atoms with E-state index in [4.69, 9.17) is 11.1 Å². The molecule has 2 rings (SSSR count). The number of carbonyl (C=O) groups excluding carboxylic acids is 1. The van der Waals surface area contributed by atoms with E-state index in [-0.39, 0.29) is 28.6 Å². The number of hydrogen-bond acceptors (Lipinski definition) is 6. The third-order valence-electron chi connectivity index (χ3n) is 3.14. The van der Waals surface area contributed by atoms with Crippen molar-refractivity contribution in [3.63, 3.8) is 0 Å². The number of aliphatic hydroxyl groups excluding tert-OH is 1. The first kappa shape index (κ1) is 15.2. The standard InChI is InChI=1S/C11H15N3O4S2/c1-2-4(15)6-8(16)14-7(10(17)18)11(20-9(6)14)19-3-5(12)13/h4,6,9,15H,2-3H2,1H3,(H3,12,13)(H,17,18)/t4-,6+,9-/m1/s1. The van der Waals surface area contributed by atoms with E-state index in [1.165, 1.54) is 16.7 Å². The number of thioether (sulfide) groups is 2. The monoisotopic (exact) mass is 317 g/mol. The summed E-state index contributed by atoms with van der Waals surface area (Å²) in [5.41, 5.74) is 5.20. The van der Waals surface area contributed by atoms with Gasteiger partial charge in [0.25, 0.3) is 0 Å². The lowest BCUT2D eigenvalue weighted by molar-refractivity contribution is -0.157. The third kappa shape index (κ3) is 2.40. The van der Waals surface area contributed by atoms with Gasteiger partial charge >= 0.3 is 5.97 Å². The quantitative estimate of drug-likeness (QED) is 0.313. The average Bonchev–Trinajstić information content (AvgIpc) is 2.71. The first-order valence-electron chi connectivity index (χ1n) is 5.99. The van der Waals surface area contributed by atoms with E-state index in [0.717, 1.165) is 11.8 Å². The van der Waals surface area contributed by atoms with Crippen LogP contribution in [0.1, 0.15) is 13.3 Å². The molecule has 3 atom stereocenters. The Morgan fingerprint density at radius 2 is 2.30 bits per heavy atom. The fourth-order valence-corrected chi connectivity index (χ4v) is 4.79. The van der Waals surface area contributed by atoms with Gasteiger partial charge in [0.15, 0.2) is 5.70 Å². The van der Waals surface area contributed by atoms with Crippen LogP contribution in [0.2, 0.25) is 0 Å². The normalized spacial score (nSPS) is 26.3. The number of hydrogen-bond donors (Lipinski definition) is 4. The van der Waals surface area contributed by atoms with Gasteiger partial charge in [0, 0.05) is 0 Å². The van der Waals surface area contributed by atoms with E-state index < -0.39 is 18.0 Å². The number of carboxylic acid groups (broad SMARTS) is 1. The molecule has 5 N–H and O–H groups in total. The molecule has 0 unspecified atom stereocenters. The van der Waals surface area contributed by atoms with Crippen molar-refractivity contribution < 1.29 is 19.8 Å². The van der Waals surface area contributed by atoms with Crippen LogP contribution in [0, 0.1) is 11.3 Å². The van der Waals surface area contributed by atoms with Crippen LogP contribution in [0.25, 0.3) is 0 Å². The number of fused-ring (bicyclic) bond motifs is 1. The molecule has 7 nitrogen and oxygen atoms in total. The van der Waals surface area contributed by atoms with E-state index in [9.17, 15) is 19.8 Å². The number of amides is 1. The minimum absolute atomic E-state index is 0.0569. The summed E-state index contributed by atoms with van der Waals surface area (Å²) < 4.78 is 0.469. The second-order valence-electron chi connectivity index (χ2n) is 4.47. The molecule has 9 heteroatoms. The van der Waals surface area contributed by atoms with E-state index in [2.05, 4.69) is 0 Å². The highest BCUT2D eigenvalue weighted by molar-refractivity contribution is 8.23. The molecule has 0 radical (unpaired) electrons. The Balaban J connectivity index is 2.20. The smallest absolute Gasteiger partial charge is 0.354 e. The van der Waals surface area contributed by atoms with Crippen LogP contribution in [0.5, 0.6) is 0 Å². The van der Waals surface area contributed by atoms with Crippen molar-refractivity contribution in [3.05, 3.63) is 9.93 Å². The van der Waals surface area contributed by atoms with Crippen LogP contribution in [0.15, 0.2) is 9.93 Å². The third-order valence-corrected chi connectivity index (χ3v) is 5.85. The van der Waals surface area contributed by atoms with Crippen LogP contribution in [-0.4, -0.2) is 50.1 Å². The van der Waals surface area contributed by atoms with E-state index >= 15 is 0 Å². The maximum Gasteiger partial charge on any atom is 0.354 e. The first-order chi connectivity index (χ1) is 9.38. The fourth-order valence-electron chi connectivity index (χ4n) is 2.16. The summed E-state index contributed by atoms with van der Waals surface area (Å²) in [5.74, 6) is -1.97. The molecule has 0 aromatic heterocycles. The van der Waals surface area contributed by atoms with Gasteiger partial charge in [-0.25, -0.2) is 4.79 Å². The van der Waals surface area contributed by atoms with Gasteiger partial charge in [0.1, 0.15) is 11.2 Å². The topological polar surface area (TPSA) is 128 Å². The number of amidine groups is 1. The first-order valence-corrected chi connectivity index (χ1v) is 7.86. The molecule has 20 heavy (non-hydrogen) atoms. The Hall–Kier alpha value is -1.19. The van der Waals surface area contributed by atoms with Crippen molar-refractivity contribution in [2.75, 3.05) is 5.75 Å². The molecule has 1 saturated heterocycles. The molecule has 0 spiro atoms. The number of nitrogens with one attached hydrogen (secondary N) is 1. The molecular formula is C11H15N3O4S2. The summed E-state index contributed by atoms with van der Waals surface area (Å²) in [6, 6.07) is 0. The van der Waals surface area contributed by atoms with E-state index in [1.54, 1.807) is 6.92 Å². The summed E-state index contributed by atoms with van der Waals surface area (Å²) in [7, 11) is 0. The highest BCUT2D eigenvalue weighted by Gasteiger charge is 2.58. The SMILES string of the molecule is CC[C@@H](O)[C@H]1C(=O)N2C(C(=O)O)=C(SCC(=N)N)S[C@H]12. The van der Waals surface area contributed by atoms with Gasteiger partial charge in [0.05, 0.1) is 22.0 Å². The fraction of sp³-hybridized carbons (Fsp3) is 0.545. The van der Waals surface area contributed by atoms with Gasteiger partial charge < -0.3 is 15.9 Å². The molecule has 110 valence electrons. The van der Waals surface area contributed by atoms with Gasteiger partial charge in [-0.1, -0.05) is 18.7 Å². The lowest BCUT2D eigenvalue weighted by Gasteiger charge is -2.44. The largest absolute Gasteiger partial charge is 0.477 e. The minimum Gasteiger partial charge on any atom is -0.477 e. The zero-order valence-corrected chi connectivity index (χ0v) is 12.3. The zero-order chi connectivity index (χ0) is 15.0. The van der Waals surface area contributed by atoms with Crippen LogP contribution < -0.4 is 5.73 Å². The number of aliphatic carboxylic acids is 1. The number of carboxylic acids is 1. The zero-order valence-electron chi connectivity index (χ0n) is 10.7. The highest BCUT2D eigenvalue weighted by atomic mass is 32.2. The molecule has 1 amide bonds. The Labute approximate surface area is 124 Å². The van der Waals surface area contributed by atoms with Crippen molar-refractivity contribution in [2.24, 2.45) is 11.7 Å². The van der Waals surface area contributed by atoms with Gasteiger partial charge in [-0.15, -0.1) is 11.8 Å². The molecule has 2 aliphatic heterocycles. The molecule has 0 aromatic rings. The number of carbonyl (C=O) groups is 2. The summed E-state index contributed by atoms with van der Waals surface area (Å²) in [6.45, 7) is 1.77. The summed E-state index contributed by atoms with van der Waals surface area (Å²) in [5, 5.41) is 25.9. The Morgan fingerprint density at radius 3 is 2.80 bits per heavy atom. The van der Waals surface area contributed by atoms with Crippen molar-refractivity contribution >= 4 is 41.2 Å². The molecule has 1 fully saturated rings. The van der Waals surface area contributed by atoms with Gasteiger partial charge in [0.2, 0.25) is 5.91 Å². The molecule has 2 aliphatic rings. The predicted octanol–water partition coefficient (Wildman–Crippen LogP) is 0.211. The number of aliphatic hydroxyl groups is 1. The van der Waals surface area contributed by atoms with Crippen LogP contribution in [-0.2, 0) is 9.59 Å². The second-order valence-corrected chi connectivity index (χ2v) is 6.84. The highest BCUT2D eigenvalue weighted by Crippen LogP contribution is 2.53. The van der Waals surface area contributed by atoms with Crippen molar-refractivity contribution in [1.29, 1.82) is 5.41 Å². The molecule has 0 aromatic carbocycles. The molecule has 2 heterocycles. The van der Waals surface area contributed by atoms with Gasteiger partial charge in [-0.2, -0.15) is 0 Å². The van der Waals surface area contributed by atoms with E-state index in [1.807, 2.05) is 0 Å². The summed E-state index contributed by atoms with van der Waals surface area (Å²) in [4.78, 5) is 24.6. The predicted molar refractivity (Wildman–Crippen MR) is 77.0 cm³/mol. The second kappa shape index (κ2) is 5.66. The number of nitrogens with zero attached hydrogens (tertiary/aromatic N) is 1. The Bertz CT molecular complexity index is 508. The molecule has 0 saturated carbocycles. The van der Waals surface area contributed by atoms with Gasteiger partial charge in [-0.3, -0.25) is 15.1 Å². The number of β-lactam (4-membered cyclic amide) rings is 1. The maximum absolute atomic E-state index is 12.0. The number of nitrogens with two attached hydrogens (primary N) is 1. The maximum atomic E-state index is 12.0. The van der Waals surface area contributed by atoms with Crippen LogP contribution in [0.3, 0.4) is 0 Å². The Kier molecular flexibility index (Phi) is 4.31. The van der Waals surface area contributed by atoms with Crippen molar-refractivity contribution in [1.82, 2.24) is 4.90 Å². The van der Waals surface area contributed by atoms with Crippen LogP contribution >= 0.6 is 23.5 Å². The molecule has 0 aliphatic carbocycles. The van der Waals surface area contributed by atoms with E-state index in [0.29, 0.717) is 10.7 Å². The molecule has 0 bridgehead atoms. The average molecular weight is 317 g/mol.